The molecular formula is C26H22ClFN4O5. The van der Waals surface area contributed by atoms with Crippen molar-refractivity contribution >= 4 is 34.7 Å². The van der Waals surface area contributed by atoms with Gasteiger partial charge in [-0.2, -0.15) is 0 Å². The molecule has 4 atom stereocenters. The van der Waals surface area contributed by atoms with E-state index in [9.17, 15) is 9.59 Å². The molecule has 1 saturated heterocycles. The first-order valence-corrected chi connectivity index (χ1v) is 11.7. The zero-order chi connectivity index (χ0) is 26.4. The van der Waals surface area contributed by atoms with Crippen molar-refractivity contribution in [2.24, 2.45) is 0 Å². The van der Waals surface area contributed by atoms with Crippen LogP contribution in [-0.2, 0) is 14.2 Å². The normalized spacial score (nSPS) is 25.2. The van der Waals surface area contributed by atoms with Crippen LogP contribution in [0.1, 0.15) is 46.4 Å². The first-order chi connectivity index (χ1) is 17.6. The van der Waals surface area contributed by atoms with Gasteiger partial charge in [-0.3, -0.25) is 4.57 Å². The first kappa shape index (κ1) is 24.8. The molecule has 0 bridgehead atoms. The summed E-state index contributed by atoms with van der Waals surface area (Å²) < 4.78 is 35.5. The number of aromatic nitrogens is 4. The van der Waals surface area contributed by atoms with Crippen LogP contribution in [-0.4, -0.2) is 49.0 Å². The minimum Gasteiger partial charge on any atom is -0.445 e. The van der Waals surface area contributed by atoms with E-state index in [1.165, 1.54) is 43.2 Å². The molecule has 2 aromatic carbocycles. The smallest absolute Gasteiger partial charge is 0.340 e. The second-order valence-electron chi connectivity index (χ2n) is 8.97. The fourth-order valence-electron chi connectivity index (χ4n) is 4.25. The van der Waals surface area contributed by atoms with Crippen LogP contribution >= 0.6 is 11.6 Å². The summed E-state index contributed by atoms with van der Waals surface area (Å²) in [5.41, 5.74) is -2.97. The lowest BCUT2D eigenvalue weighted by Crippen LogP contribution is -2.55. The number of rotatable bonds is 5. The van der Waals surface area contributed by atoms with Gasteiger partial charge in [0.15, 0.2) is 22.7 Å². The number of carbonyl (C=O) groups excluding carboxylic acids is 2. The van der Waals surface area contributed by atoms with E-state index in [-0.39, 0.29) is 27.4 Å². The molecule has 190 valence electrons. The molecule has 9 nitrogen and oxygen atoms in total. The maximum absolute atomic E-state index is 16.9. The lowest BCUT2D eigenvalue weighted by molar-refractivity contribution is -0.179. The van der Waals surface area contributed by atoms with Crippen LogP contribution in [0.5, 0.6) is 0 Å². The van der Waals surface area contributed by atoms with Gasteiger partial charge >= 0.3 is 11.9 Å². The summed E-state index contributed by atoms with van der Waals surface area (Å²) in [5.74, 6) is -1.57. The molecule has 4 aromatic rings. The van der Waals surface area contributed by atoms with Gasteiger partial charge in [-0.1, -0.05) is 48.0 Å². The van der Waals surface area contributed by atoms with Gasteiger partial charge in [-0.25, -0.2) is 28.9 Å². The summed E-state index contributed by atoms with van der Waals surface area (Å²) in [6.45, 7) is 4.26. The lowest BCUT2D eigenvalue weighted by atomic mass is 9.87. The highest BCUT2D eigenvalue weighted by atomic mass is 35.5. The fraction of sp³-hybridized carbons (Fsp3) is 0.269. The van der Waals surface area contributed by atoms with E-state index in [2.05, 4.69) is 15.0 Å². The largest absolute Gasteiger partial charge is 0.445 e. The van der Waals surface area contributed by atoms with Crippen LogP contribution in [0.25, 0.3) is 11.2 Å². The molecule has 2 aromatic heterocycles. The Hall–Kier alpha value is -3.89. The zero-order valence-electron chi connectivity index (χ0n) is 20.1. The summed E-state index contributed by atoms with van der Waals surface area (Å²) >= 11 is 6.12. The van der Waals surface area contributed by atoms with Crippen LogP contribution in [0, 0.1) is 6.92 Å². The summed E-state index contributed by atoms with van der Waals surface area (Å²) in [6.07, 6.45) is -0.579. The third-order valence-corrected chi connectivity index (χ3v) is 6.87. The quantitative estimate of drug-likeness (QED) is 0.269. The maximum atomic E-state index is 16.9. The summed E-state index contributed by atoms with van der Waals surface area (Å²) in [7, 11) is 0. The molecule has 0 saturated carbocycles. The molecule has 0 N–H and O–H groups in total. The minimum atomic E-state index is -2.43. The van der Waals surface area contributed by atoms with Gasteiger partial charge in [0, 0.05) is 0 Å². The van der Waals surface area contributed by atoms with Gasteiger partial charge < -0.3 is 14.2 Å². The van der Waals surface area contributed by atoms with E-state index in [4.69, 9.17) is 25.8 Å². The third-order valence-electron chi connectivity index (χ3n) is 6.60. The van der Waals surface area contributed by atoms with Crippen molar-refractivity contribution in [1.82, 2.24) is 19.5 Å². The number of benzene rings is 2. The molecule has 1 aliphatic heterocycles. The number of halogens is 2. The lowest BCUT2D eigenvalue weighted by Gasteiger charge is -2.36. The summed E-state index contributed by atoms with van der Waals surface area (Å²) in [5, 5.41) is 0.0723. The summed E-state index contributed by atoms with van der Waals surface area (Å²) in [4.78, 5) is 38.4. The Morgan fingerprint density at radius 1 is 1.03 bits per heavy atom. The van der Waals surface area contributed by atoms with Crippen molar-refractivity contribution in [3.8, 4) is 0 Å². The average molecular weight is 525 g/mol. The standard InChI is InChI=1S/C26H22ClFN4O5/c1-15-9-7-8-12-17(15)22(34)35-24-26(3,37-21(33)16-10-5-4-6-11-16)25(2,28)23(36-24)32-14-31-18-19(27)29-13-30-20(18)32/h4-14,23-24H,1-3H3/t23-,24+,25+,26-/m1/s1. The van der Waals surface area contributed by atoms with Crippen LogP contribution in [0.4, 0.5) is 4.39 Å². The summed E-state index contributed by atoms with van der Waals surface area (Å²) in [6, 6.07) is 14.9. The van der Waals surface area contributed by atoms with Crippen LogP contribution in [0.3, 0.4) is 0 Å². The highest BCUT2D eigenvalue weighted by Crippen LogP contribution is 2.51. The highest BCUT2D eigenvalue weighted by Gasteiger charge is 2.68. The Kier molecular flexibility index (Phi) is 6.17. The van der Waals surface area contributed by atoms with Gasteiger partial charge in [0.05, 0.1) is 17.5 Å². The predicted octanol–water partition coefficient (Wildman–Crippen LogP) is 4.84. The number of nitrogens with zero attached hydrogens (tertiary/aromatic N) is 4. The van der Waals surface area contributed by atoms with E-state index in [1.807, 2.05) is 0 Å². The molecular weight excluding hydrogens is 503 g/mol. The van der Waals surface area contributed by atoms with E-state index in [0.29, 0.717) is 5.56 Å². The third kappa shape index (κ3) is 4.11. The van der Waals surface area contributed by atoms with E-state index in [0.717, 1.165) is 0 Å². The Morgan fingerprint density at radius 3 is 2.46 bits per heavy atom. The van der Waals surface area contributed by atoms with Crippen LogP contribution in [0.2, 0.25) is 5.15 Å². The molecule has 3 heterocycles. The topological polar surface area (TPSA) is 105 Å². The number of hydrogen-bond acceptors (Lipinski definition) is 8. The number of carbonyl (C=O) groups is 2. The number of fused-ring (bicyclic) bond motifs is 1. The second kappa shape index (κ2) is 9.20. The molecule has 0 amide bonds. The SMILES string of the molecule is Cc1ccccc1C(=O)O[C@H]1O[C@@H](n2cnc3c(Cl)ncnc32)[C@](C)(F)[C@]1(C)OC(=O)c1ccccc1. The first-order valence-electron chi connectivity index (χ1n) is 11.4. The van der Waals surface area contributed by atoms with Crippen molar-refractivity contribution in [2.45, 2.75) is 44.6 Å². The number of imidazole rings is 1. The predicted molar refractivity (Wildman–Crippen MR) is 131 cm³/mol. The molecule has 0 spiro atoms. The fourth-order valence-corrected chi connectivity index (χ4v) is 4.43. The van der Waals surface area contributed by atoms with Crippen LogP contribution < -0.4 is 0 Å². The Balaban J connectivity index is 1.56. The van der Waals surface area contributed by atoms with E-state index >= 15 is 4.39 Å². The molecule has 1 fully saturated rings. The van der Waals surface area contributed by atoms with Gasteiger partial charge in [-0.15, -0.1) is 0 Å². The molecule has 0 unspecified atom stereocenters. The van der Waals surface area contributed by atoms with Gasteiger partial charge in [-0.05, 0) is 44.5 Å². The maximum Gasteiger partial charge on any atom is 0.340 e. The Bertz CT molecular complexity index is 1490. The number of esters is 2. The Labute approximate surface area is 216 Å². The number of aryl methyl sites for hydroxylation is 1. The van der Waals surface area contributed by atoms with Gasteiger partial charge in [0.1, 0.15) is 11.8 Å². The van der Waals surface area contributed by atoms with Gasteiger partial charge in [0.25, 0.3) is 0 Å². The van der Waals surface area contributed by atoms with Crippen molar-refractivity contribution in [2.75, 3.05) is 0 Å². The molecule has 5 rings (SSSR count). The van der Waals surface area contributed by atoms with Gasteiger partial charge in [0.2, 0.25) is 11.9 Å². The average Bonchev–Trinajstić information content (AvgIpc) is 3.38. The molecule has 1 aliphatic rings. The molecule has 11 heteroatoms. The monoisotopic (exact) mass is 524 g/mol. The highest BCUT2D eigenvalue weighted by molar-refractivity contribution is 6.33. The molecule has 0 radical (unpaired) electrons. The molecule has 0 aliphatic carbocycles. The van der Waals surface area contributed by atoms with Crippen molar-refractivity contribution in [3.05, 3.63) is 89.1 Å². The second-order valence-corrected chi connectivity index (χ2v) is 9.33. The number of ether oxygens (including phenoxy) is 3. The van der Waals surface area contributed by atoms with E-state index in [1.54, 1.807) is 49.4 Å². The Morgan fingerprint density at radius 2 is 1.73 bits per heavy atom. The van der Waals surface area contributed by atoms with Crippen LogP contribution in [0.15, 0.2) is 67.3 Å². The molecule has 37 heavy (non-hydrogen) atoms. The minimum absolute atomic E-state index is 0.0723. The van der Waals surface area contributed by atoms with Crippen molar-refractivity contribution in [1.29, 1.82) is 0 Å². The van der Waals surface area contributed by atoms with E-state index < -0.39 is 35.7 Å². The van der Waals surface area contributed by atoms with Crippen molar-refractivity contribution in [3.63, 3.8) is 0 Å². The zero-order valence-corrected chi connectivity index (χ0v) is 20.8. The number of alkyl halides is 1. The van der Waals surface area contributed by atoms with Crippen molar-refractivity contribution < 1.29 is 28.2 Å². The number of hydrogen-bond donors (Lipinski definition) is 0.